The van der Waals surface area contributed by atoms with E-state index in [1.54, 1.807) is 6.20 Å². The summed E-state index contributed by atoms with van der Waals surface area (Å²) in [6.07, 6.45) is 6.76. The van der Waals surface area contributed by atoms with E-state index in [9.17, 15) is 4.79 Å². The van der Waals surface area contributed by atoms with Gasteiger partial charge >= 0.3 is 0 Å². The first-order chi connectivity index (χ1) is 7.25. The molecule has 0 radical (unpaired) electrons. The lowest BCUT2D eigenvalue weighted by atomic mass is 10.3. The zero-order valence-corrected chi connectivity index (χ0v) is 10.0. The standard InChI is InChI=1S/C10H14BrN3O/c11-9-6-13-14(7-9)5-1-4-12-10(15)8-2-3-8/h6-8H,1-5H2,(H,12,15). The number of carbonyl (C=O) groups excluding carboxylic acids is 1. The number of nitrogens with zero attached hydrogens (tertiary/aromatic N) is 2. The largest absolute Gasteiger partial charge is 0.356 e. The smallest absolute Gasteiger partial charge is 0.223 e. The van der Waals surface area contributed by atoms with E-state index in [-0.39, 0.29) is 5.91 Å². The molecule has 1 fully saturated rings. The molecule has 0 unspecified atom stereocenters. The number of hydrogen-bond acceptors (Lipinski definition) is 2. The van der Waals surface area contributed by atoms with Crippen molar-refractivity contribution < 1.29 is 4.79 Å². The number of rotatable bonds is 5. The number of halogens is 1. The van der Waals surface area contributed by atoms with Gasteiger partial charge in [-0.25, -0.2) is 0 Å². The van der Waals surface area contributed by atoms with Gasteiger partial charge in [0.1, 0.15) is 0 Å². The molecule has 0 aromatic carbocycles. The van der Waals surface area contributed by atoms with Crippen molar-refractivity contribution in [1.82, 2.24) is 15.1 Å². The molecule has 1 aliphatic rings. The van der Waals surface area contributed by atoms with Crippen LogP contribution in [0.3, 0.4) is 0 Å². The minimum absolute atomic E-state index is 0.219. The average Bonchev–Trinajstić information content (AvgIpc) is 2.98. The monoisotopic (exact) mass is 271 g/mol. The number of carbonyl (C=O) groups is 1. The van der Waals surface area contributed by atoms with E-state index in [1.807, 2.05) is 10.9 Å². The molecule has 15 heavy (non-hydrogen) atoms. The van der Waals surface area contributed by atoms with E-state index in [2.05, 4.69) is 26.3 Å². The highest BCUT2D eigenvalue weighted by Crippen LogP contribution is 2.28. The van der Waals surface area contributed by atoms with Gasteiger partial charge in [0, 0.05) is 25.2 Å². The van der Waals surface area contributed by atoms with Crippen LogP contribution in [0.15, 0.2) is 16.9 Å². The maximum atomic E-state index is 11.3. The Morgan fingerprint density at radius 2 is 2.47 bits per heavy atom. The molecule has 1 aliphatic carbocycles. The Morgan fingerprint density at radius 3 is 3.07 bits per heavy atom. The lowest BCUT2D eigenvalue weighted by Crippen LogP contribution is -2.26. The fraction of sp³-hybridized carbons (Fsp3) is 0.600. The quantitative estimate of drug-likeness (QED) is 0.827. The third-order valence-corrected chi connectivity index (χ3v) is 2.82. The lowest BCUT2D eigenvalue weighted by molar-refractivity contribution is -0.122. The van der Waals surface area contributed by atoms with E-state index in [0.29, 0.717) is 5.92 Å². The molecule has 0 bridgehead atoms. The Bertz CT molecular complexity index is 346. The topological polar surface area (TPSA) is 46.9 Å². The van der Waals surface area contributed by atoms with Crippen LogP contribution in [0, 0.1) is 5.92 Å². The molecule has 1 amide bonds. The molecule has 0 spiro atoms. The summed E-state index contributed by atoms with van der Waals surface area (Å²) in [5, 5.41) is 7.07. The van der Waals surface area contributed by atoms with Crippen molar-refractivity contribution >= 4 is 21.8 Å². The summed E-state index contributed by atoms with van der Waals surface area (Å²) in [7, 11) is 0. The number of hydrogen-bond donors (Lipinski definition) is 1. The summed E-state index contributed by atoms with van der Waals surface area (Å²) in [5.41, 5.74) is 0. The highest BCUT2D eigenvalue weighted by molar-refractivity contribution is 9.10. The fourth-order valence-corrected chi connectivity index (χ4v) is 1.73. The molecule has 1 saturated carbocycles. The van der Waals surface area contributed by atoms with Crippen molar-refractivity contribution in [2.45, 2.75) is 25.8 Å². The SMILES string of the molecule is O=C(NCCCn1cc(Br)cn1)C1CC1. The molecular formula is C10H14BrN3O. The summed E-state index contributed by atoms with van der Waals surface area (Å²) in [5.74, 6) is 0.528. The molecule has 1 aromatic rings. The van der Waals surface area contributed by atoms with E-state index in [0.717, 1.165) is 36.8 Å². The van der Waals surface area contributed by atoms with Crippen LogP contribution in [0.4, 0.5) is 0 Å². The number of aryl methyl sites for hydroxylation is 1. The summed E-state index contributed by atoms with van der Waals surface area (Å²) in [6.45, 7) is 1.59. The Hall–Kier alpha value is -0.840. The second kappa shape index (κ2) is 4.79. The van der Waals surface area contributed by atoms with Gasteiger partial charge in [-0.3, -0.25) is 9.48 Å². The highest BCUT2D eigenvalue weighted by Gasteiger charge is 2.28. The average molecular weight is 272 g/mol. The molecule has 5 heteroatoms. The molecule has 1 N–H and O–H groups in total. The predicted octanol–water partition coefficient (Wildman–Crippen LogP) is 1.56. The van der Waals surface area contributed by atoms with Gasteiger partial charge in [-0.2, -0.15) is 5.10 Å². The lowest BCUT2D eigenvalue weighted by Gasteiger charge is -2.03. The number of aromatic nitrogens is 2. The fourth-order valence-electron chi connectivity index (χ4n) is 1.40. The molecule has 0 saturated heterocycles. The van der Waals surface area contributed by atoms with Crippen molar-refractivity contribution in [1.29, 1.82) is 0 Å². The van der Waals surface area contributed by atoms with Crippen LogP contribution >= 0.6 is 15.9 Å². The minimum Gasteiger partial charge on any atom is -0.356 e. The third kappa shape index (κ3) is 3.34. The van der Waals surface area contributed by atoms with Crippen LogP contribution < -0.4 is 5.32 Å². The first-order valence-corrected chi connectivity index (χ1v) is 6.00. The van der Waals surface area contributed by atoms with Gasteiger partial charge in [-0.05, 0) is 35.2 Å². The maximum absolute atomic E-state index is 11.3. The summed E-state index contributed by atoms with van der Waals surface area (Å²) in [4.78, 5) is 11.3. The van der Waals surface area contributed by atoms with E-state index in [1.165, 1.54) is 0 Å². The van der Waals surface area contributed by atoms with Crippen LogP contribution in [0.25, 0.3) is 0 Å². The van der Waals surface area contributed by atoms with E-state index < -0.39 is 0 Å². The second-order valence-electron chi connectivity index (χ2n) is 3.84. The van der Waals surface area contributed by atoms with Crippen molar-refractivity contribution in [2.75, 3.05) is 6.54 Å². The molecule has 1 aromatic heterocycles. The van der Waals surface area contributed by atoms with Gasteiger partial charge in [-0.15, -0.1) is 0 Å². The van der Waals surface area contributed by atoms with Crippen LogP contribution in [0.2, 0.25) is 0 Å². The van der Waals surface area contributed by atoms with Gasteiger partial charge in [0.15, 0.2) is 0 Å². The Balaban J connectivity index is 1.60. The molecule has 1 heterocycles. The van der Waals surface area contributed by atoms with Gasteiger partial charge in [0.25, 0.3) is 0 Å². The Kier molecular flexibility index (Phi) is 3.41. The first-order valence-electron chi connectivity index (χ1n) is 5.21. The number of nitrogens with one attached hydrogen (secondary N) is 1. The minimum atomic E-state index is 0.219. The maximum Gasteiger partial charge on any atom is 0.223 e. The van der Waals surface area contributed by atoms with Crippen molar-refractivity contribution in [2.24, 2.45) is 5.92 Å². The highest BCUT2D eigenvalue weighted by atomic mass is 79.9. The van der Waals surface area contributed by atoms with Crippen LogP contribution in [0.5, 0.6) is 0 Å². The van der Waals surface area contributed by atoms with Crippen LogP contribution in [0.1, 0.15) is 19.3 Å². The van der Waals surface area contributed by atoms with Gasteiger partial charge in [0.05, 0.1) is 10.7 Å². The summed E-state index contributed by atoms with van der Waals surface area (Å²) >= 11 is 3.34. The predicted molar refractivity (Wildman–Crippen MR) is 60.3 cm³/mol. The van der Waals surface area contributed by atoms with Crippen LogP contribution in [-0.4, -0.2) is 22.2 Å². The van der Waals surface area contributed by atoms with Gasteiger partial charge < -0.3 is 5.32 Å². The zero-order valence-electron chi connectivity index (χ0n) is 8.45. The molecule has 0 aliphatic heterocycles. The van der Waals surface area contributed by atoms with Crippen molar-refractivity contribution in [3.63, 3.8) is 0 Å². The zero-order chi connectivity index (χ0) is 10.7. The van der Waals surface area contributed by atoms with Crippen molar-refractivity contribution in [3.8, 4) is 0 Å². The summed E-state index contributed by atoms with van der Waals surface area (Å²) in [6, 6.07) is 0. The molecule has 2 rings (SSSR count). The first kappa shape index (κ1) is 10.7. The molecule has 82 valence electrons. The molecular weight excluding hydrogens is 258 g/mol. The van der Waals surface area contributed by atoms with E-state index >= 15 is 0 Å². The molecule has 4 nitrogen and oxygen atoms in total. The molecule has 0 atom stereocenters. The van der Waals surface area contributed by atoms with Crippen molar-refractivity contribution in [3.05, 3.63) is 16.9 Å². The van der Waals surface area contributed by atoms with E-state index in [4.69, 9.17) is 0 Å². The van der Waals surface area contributed by atoms with Gasteiger partial charge in [-0.1, -0.05) is 0 Å². The Morgan fingerprint density at radius 1 is 1.67 bits per heavy atom. The third-order valence-electron chi connectivity index (χ3n) is 2.41. The van der Waals surface area contributed by atoms with Crippen LogP contribution in [-0.2, 0) is 11.3 Å². The normalized spacial score (nSPS) is 15.3. The second-order valence-corrected chi connectivity index (χ2v) is 4.76. The summed E-state index contributed by atoms with van der Waals surface area (Å²) < 4.78 is 2.86. The number of amides is 1. The van der Waals surface area contributed by atoms with Gasteiger partial charge in [0.2, 0.25) is 5.91 Å². The Labute approximate surface area is 97.2 Å².